The van der Waals surface area contributed by atoms with Gasteiger partial charge in [-0.15, -0.1) is 0 Å². The van der Waals surface area contributed by atoms with Crippen LogP contribution in [0.3, 0.4) is 0 Å². The lowest BCUT2D eigenvalue weighted by Gasteiger charge is -2.28. The largest absolute Gasteiger partial charge is 0.327 e. The summed E-state index contributed by atoms with van der Waals surface area (Å²) in [7, 11) is 2.25. The van der Waals surface area contributed by atoms with Crippen LogP contribution < -0.4 is 5.73 Å². The van der Waals surface area contributed by atoms with E-state index >= 15 is 0 Å². The van der Waals surface area contributed by atoms with E-state index in [1.807, 2.05) is 11.8 Å². The third-order valence-electron chi connectivity index (χ3n) is 3.73. The molecule has 1 fully saturated rings. The first kappa shape index (κ1) is 13.3. The Hall–Kier alpha value is 0.270. The molecule has 0 amide bonds. The predicted molar refractivity (Wildman–Crippen MR) is 70.4 cm³/mol. The molecular formula is C12H26N2S. The van der Waals surface area contributed by atoms with Gasteiger partial charge in [-0.1, -0.05) is 6.42 Å². The van der Waals surface area contributed by atoms with Gasteiger partial charge in [-0.25, -0.2) is 0 Å². The summed E-state index contributed by atoms with van der Waals surface area (Å²) in [6.07, 6.45) is 7.37. The number of rotatable bonds is 6. The molecule has 0 spiro atoms. The lowest BCUT2D eigenvalue weighted by atomic mass is 10.0. The smallest absolute Gasteiger partial charge is 0.00793 e. The van der Waals surface area contributed by atoms with Crippen LogP contribution in [-0.2, 0) is 0 Å². The zero-order chi connectivity index (χ0) is 11.3. The van der Waals surface area contributed by atoms with Gasteiger partial charge in [0.05, 0.1) is 0 Å². The van der Waals surface area contributed by atoms with Crippen LogP contribution in [-0.4, -0.2) is 42.6 Å². The maximum atomic E-state index is 6.10. The number of thioether (sulfide) groups is 1. The van der Waals surface area contributed by atoms with Crippen LogP contribution in [0.15, 0.2) is 0 Å². The summed E-state index contributed by atoms with van der Waals surface area (Å²) < 4.78 is 0. The first-order chi connectivity index (χ1) is 7.15. The third kappa shape index (κ3) is 4.33. The topological polar surface area (TPSA) is 29.3 Å². The molecule has 90 valence electrons. The van der Waals surface area contributed by atoms with E-state index in [2.05, 4.69) is 25.1 Å². The molecule has 0 bridgehead atoms. The van der Waals surface area contributed by atoms with Crippen LogP contribution in [0.2, 0.25) is 0 Å². The highest BCUT2D eigenvalue weighted by Crippen LogP contribution is 2.25. The second-order valence-electron chi connectivity index (χ2n) is 4.92. The van der Waals surface area contributed by atoms with Gasteiger partial charge in [0.25, 0.3) is 0 Å². The second-order valence-corrected chi connectivity index (χ2v) is 5.91. The van der Waals surface area contributed by atoms with Crippen molar-refractivity contribution in [3.05, 3.63) is 0 Å². The average molecular weight is 230 g/mol. The molecular weight excluding hydrogens is 204 g/mol. The summed E-state index contributed by atoms with van der Waals surface area (Å²) in [5.74, 6) is 2.01. The summed E-state index contributed by atoms with van der Waals surface area (Å²) >= 11 is 1.94. The standard InChI is InChI=1S/C12H26N2S/c1-10(7-8-15-3)14(2)9-11-5-4-6-12(11)13/h10-12H,4-9,13H2,1-3H3. The number of nitrogens with two attached hydrogens (primary N) is 1. The van der Waals surface area contributed by atoms with Gasteiger partial charge in [-0.05, 0) is 51.2 Å². The van der Waals surface area contributed by atoms with Gasteiger partial charge in [0, 0.05) is 18.6 Å². The fourth-order valence-corrected chi connectivity index (χ4v) is 2.93. The summed E-state index contributed by atoms with van der Waals surface area (Å²) in [5, 5.41) is 0. The van der Waals surface area contributed by atoms with Crippen molar-refractivity contribution in [2.24, 2.45) is 11.7 Å². The Kier molecular flexibility index (Phi) is 6.02. The Morgan fingerprint density at radius 3 is 2.73 bits per heavy atom. The molecule has 2 nitrogen and oxygen atoms in total. The van der Waals surface area contributed by atoms with Crippen molar-refractivity contribution in [1.29, 1.82) is 0 Å². The minimum absolute atomic E-state index is 0.459. The minimum atomic E-state index is 0.459. The van der Waals surface area contributed by atoms with Crippen LogP contribution in [0.4, 0.5) is 0 Å². The van der Waals surface area contributed by atoms with Crippen LogP contribution in [0.25, 0.3) is 0 Å². The highest BCUT2D eigenvalue weighted by molar-refractivity contribution is 7.98. The normalized spacial score (nSPS) is 28.6. The highest BCUT2D eigenvalue weighted by Gasteiger charge is 2.25. The molecule has 1 aliphatic carbocycles. The van der Waals surface area contributed by atoms with E-state index in [0.29, 0.717) is 12.1 Å². The molecule has 0 aliphatic heterocycles. The lowest BCUT2D eigenvalue weighted by Crippen LogP contribution is -2.38. The van der Waals surface area contributed by atoms with Gasteiger partial charge in [0.1, 0.15) is 0 Å². The summed E-state index contributed by atoms with van der Waals surface area (Å²) in [6.45, 7) is 3.52. The lowest BCUT2D eigenvalue weighted by molar-refractivity contribution is 0.208. The Morgan fingerprint density at radius 1 is 1.47 bits per heavy atom. The Morgan fingerprint density at radius 2 is 2.20 bits per heavy atom. The van der Waals surface area contributed by atoms with Crippen molar-refractivity contribution in [2.45, 2.75) is 44.7 Å². The van der Waals surface area contributed by atoms with Crippen LogP contribution in [0.5, 0.6) is 0 Å². The molecule has 0 aromatic carbocycles. The van der Waals surface area contributed by atoms with E-state index < -0.39 is 0 Å². The average Bonchev–Trinajstić information content (AvgIpc) is 2.61. The molecule has 1 aliphatic rings. The minimum Gasteiger partial charge on any atom is -0.327 e. The van der Waals surface area contributed by atoms with E-state index in [-0.39, 0.29) is 0 Å². The van der Waals surface area contributed by atoms with Crippen LogP contribution in [0, 0.1) is 5.92 Å². The van der Waals surface area contributed by atoms with Crippen molar-refractivity contribution < 1.29 is 0 Å². The fourth-order valence-electron chi connectivity index (χ4n) is 2.35. The van der Waals surface area contributed by atoms with Gasteiger partial charge in [-0.2, -0.15) is 11.8 Å². The Labute approximate surface area is 99.0 Å². The van der Waals surface area contributed by atoms with Crippen LogP contribution in [0.1, 0.15) is 32.6 Å². The predicted octanol–water partition coefficient (Wildman–Crippen LogP) is 2.19. The first-order valence-electron chi connectivity index (χ1n) is 6.10. The van der Waals surface area contributed by atoms with E-state index in [4.69, 9.17) is 5.73 Å². The van der Waals surface area contributed by atoms with Gasteiger partial charge in [0.2, 0.25) is 0 Å². The zero-order valence-electron chi connectivity index (χ0n) is 10.4. The van der Waals surface area contributed by atoms with Crippen molar-refractivity contribution >= 4 is 11.8 Å². The van der Waals surface area contributed by atoms with Gasteiger partial charge in [0.15, 0.2) is 0 Å². The summed E-state index contributed by atoms with van der Waals surface area (Å²) in [5.41, 5.74) is 6.10. The van der Waals surface area contributed by atoms with E-state index in [0.717, 1.165) is 5.92 Å². The van der Waals surface area contributed by atoms with Gasteiger partial charge in [-0.3, -0.25) is 0 Å². The van der Waals surface area contributed by atoms with E-state index in [1.54, 1.807) is 0 Å². The Bertz CT molecular complexity index is 175. The molecule has 3 unspecified atom stereocenters. The molecule has 0 heterocycles. The van der Waals surface area contributed by atoms with Gasteiger partial charge < -0.3 is 10.6 Å². The summed E-state index contributed by atoms with van der Waals surface area (Å²) in [4.78, 5) is 2.49. The first-order valence-corrected chi connectivity index (χ1v) is 7.49. The SMILES string of the molecule is CSCCC(C)N(C)CC1CCCC1N. The fraction of sp³-hybridized carbons (Fsp3) is 1.00. The molecule has 0 aromatic heterocycles. The quantitative estimate of drug-likeness (QED) is 0.758. The van der Waals surface area contributed by atoms with Gasteiger partial charge >= 0.3 is 0 Å². The van der Waals surface area contributed by atoms with Crippen molar-refractivity contribution in [3.8, 4) is 0 Å². The van der Waals surface area contributed by atoms with Crippen molar-refractivity contribution in [2.75, 3.05) is 25.6 Å². The zero-order valence-corrected chi connectivity index (χ0v) is 11.2. The molecule has 0 aromatic rings. The molecule has 0 saturated heterocycles. The highest BCUT2D eigenvalue weighted by atomic mass is 32.2. The number of nitrogens with zero attached hydrogens (tertiary/aromatic N) is 1. The molecule has 3 atom stereocenters. The molecule has 1 saturated carbocycles. The van der Waals surface area contributed by atoms with E-state index in [9.17, 15) is 0 Å². The molecule has 0 radical (unpaired) electrons. The molecule has 1 rings (SSSR count). The molecule has 2 N–H and O–H groups in total. The maximum absolute atomic E-state index is 6.10. The number of hydrogen-bond acceptors (Lipinski definition) is 3. The Balaban J connectivity index is 2.24. The van der Waals surface area contributed by atoms with Crippen LogP contribution >= 0.6 is 11.8 Å². The van der Waals surface area contributed by atoms with Crippen molar-refractivity contribution in [1.82, 2.24) is 4.90 Å². The molecule has 15 heavy (non-hydrogen) atoms. The van der Waals surface area contributed by atoms with E-state index in [1.165, 1.54) is 38.0 Å². The second kappa shape index (κ2) is 6.77. The number of hydrogen-bond donors (Lipinski definition) is 1. The van der Waals surface area contributed by atoms with Crippen molar-refractivity contribution in [3.63, 3.8) is 0 Å². The maximum Gasteiger partial charge on any atom is 0.00793 e. The molecule has 3 heteroatoms. The summed E-state index contributed by atoms with van der Waals surface area (Å²) in [6, 6.07) is 1.16. The monoisotopic (exact) mass is 230 g/mol. The third-order valence-corrected chi connectivity index (χ3v) is 4.38.